The fourth-order valence-electron chi connectivity index (χ4n) is 1.05. The summed E-state index contributed by atoms with van der Waals surface area (Å²) in [6, 6.07) is 4.58. The summed E-state index contributed by atoms with van der Waals surface area (Å²) in [5.41, 5.74) is 6.45. The number of hydrogen-bond donors (Lipinski definition) is 2. The van der Waals surface area contributed by atoms with Crippen molar-refractivity contribution < 1.29 is 5.11 Å². The van der Waals surface area contributed by atoms with Crippen molar-refractivity contribution in [3.63, 3.8) is 0 Å². The van der Waals surface area contributed by atoms with Gasteiger partial charge in [0, 0.05) is 10.0 Å². The van der Waals surface area contributed by atoms with E-state index in [0.717, 1.165) is 5.56 Å². The Morgan fingerprint density at radius 1 is 1.23 bits per heavy atom. The molecule has 2 nitrogen and oxygen atoms in total. The second-order valence-electron chi connectivity index (χ2n) is 2.97. The third-order valence-electron chi connectivity index (χ3n) is 1.79. The largest absolute Gasteiger partial charge is 0.391 e. The van der Waals surface area contributed by atoms with Crippen LogP contribution in [0.15, 0.2) is 18.2 Å². The highest BCUT2D eigenvalue weighted by atomic mass is 35.5. The molecule has 72 valence electrons. The maximum atomic E-state index is 9.24. The lowest BCUT2D eigenvalue weighted by molar-refractivity contribution is 0.164. The van der Waals surface area contributed by atoms with E-state index in [4.69, 9.17) is 28.9 Å². The van der Waals surface area contributed by atoms with Crippen molar-refractivity contribution in [3.8, 4) is 0 Å². The van der Waals surface area contributed by atoms with Gasteiger partial charge >= 0.3 is 0 Å². The lowest BCUT2D eigenvalue weighted by atomic mass is 10.0. The Morgan fingerprint density at radius 2 is 1.69 bits per heavy atom. The van der Waals surface area contributed by atoms with Gasteiger partial charge in [-0.15, -0.1) is 0 Å². The van der Waals surface area contributed by atoms with E-state index in [1.807, 2.05) is 0 Å². The molecular formula is C9H11Cl2NO. The quantitative estimate of drug-likeness (QED) is 0.803. The molecule has 4 heteroatoms. The van der Waals surface area contributed by atoms with Crippen LogP contribution < -0.4 is 5.73 Å². The highest BCUT2D eigenvalue weighted by Gasteiger charge is 2.12. The van der Waals surface area contributed by atoms with E-state index in [9.17, 15) is 5.11 Å². The summed E-state index contributed by atoms with van der Waals surface area (Å²) in [5, 5.41) is 10.3. The Bertz CT molecular complexity index is 281. The molecule has 0 saturated heterocycles. The van der Waals surface area contributed by atoms with Crippen molar-refractivity contribution in [1.82, 2.24) is 0 Å². The van der Waals surface area contributed by atoms with Gasteiger partial charge < -0.3 is 10.8 Å². The molecule has 2 atom stereocenters. The Labute approximate surface area is 87.3 Å². The predicted octanol–water partition coefficient (Wildman–Crippen LogP) is 2.37. The van der Waals surface area contributed by atoms with E-state index < -0.39 is 12.1 Å². The van der Waals surface area contributed by atoms with Crippen LogP contribution in [0.5, 0.6) is 0 Å². The molecule has 0 aliphatic carbocycles. The van der Waals surface area contributed by atoms with Gasteiger partial charge in [0.25, 0.3) is 0 Å². The van der Waals surface area contributed by atoms with Crippen LogP contribution in [0.4, 0.5) is 0 Å². The lowest BCUT2D eigenvalue weighted by Crippen LogP contribution is -2.23. The highest BCUT2D eigenvalue weighted by Crippen LogP contribution is 2.23. The van der Waals surface area contributed by atoms with Gasteiger partial charge in [-0.2, -0.15) is 0 Å². The molecular weight excluding hydrogens is 209 g/mol. The average molecular weight is 220 g/mol. The number of aliphatic hydroxyl groups excluding tert-OH is 1. The number of halogens is 2. The van der Waals surface area contributed by atoms with Gasteiger partial charge in [0.2, 0.25) is 0 Å². The maximum Gasteiger partial charge on any atom is 0.0704 e. The van der Waals surface area contributed by atoms with E-state index in [1.54, 1.807) is 25.1 Å². The molecule has 0 bridgehead atoms. The topological polar surface area (TPSA) is 46.2 Å². The standard InChI is InChI=1S/C9H11Cl2NO/c1-5(13)9(12)6-2-7(10)4-8(11)3-6/h2-5,9,13H,12H2,1H3/t5-,9-/m1/s1. The van der Waals surface area contributed by atoms with Crippen LogP contribution >= 0.6 is 23.2 Å². The van der Waals surface area contributed by atoms with E-state index in [-0.39, 0.29) is 0 Å². The van der Waals surface area contributed by atoms with Gasteiger partial charge in [0.1, 0.15) is 0 Å². The van der Waals surface area contributed by atoms with E-state index >= 15 is 0 Å². The Balaban J connectivity index is 3.01. The third kappa shape index (κ3) is 2.85. The lowest BCUT2D eigenvalue weighted by Gasteiger charge is -2.15. The zero-order chi connectivity index (χ0) is 10.0. The number of nitrogens with two attached hydrogens (primary N) is 1. The van der Waals surface area contributed by atoms with Crippen LogP contribution in [0.3, 0.4) is 0 Å². The molecule has 0 aromatic heterocycles. The number of hydrogen-bond acceptors (Lipinski definition) is 2. The van der Waals surface area contributed by atoms with Crippen LogP contribution in [-0.4, -0.2) is 11.2 Å². The molecule has 1 aromatic carbocycles. The molecule has 0 radical (unpaired) electrons. The molecule has 0 saturated carbocycles. The summed E-state index contributed by atoms with van der Waals surface area (Å²) in [6.45, 7) is 1.62. The first kappa shape index (κ1) is 10.8. The second kappa shape index (κ2) is 4.29. The molecule has 0 unspecified atom stereocenters. The SMILES string of the molecule is C[C@@H](O)[C@@H](N)c1cc(Cl)cc(Cl)c1. The van der Waals surface area contributed by atoms with Crippen molar-refractivity contribution in [3.05, 3.63) is 33.8 Å². The first-order chi connectivity index (χ1) is 6.00. The van der Waals surface area contributed by atoms with Crippen molar-refractivity contribution >= 4 is 23.2 Å². The molecule has 1 aromatic rings. The van der Waals surface area contributed by atoms with Crippen LogP contribution in [0, 0.1) is 0 Å². The minimum Gasteiger partial charge on any atom is -0.391 e. The zero-order valence-corrected chi connectivity index (χ0v) is 8.68. The minimum atomic E-state index is -0.616. The fraction of sp³-hybridized carbons (Fsp3) is 0.333. The first-order valence-electron chi connectivity index (χ1n) is 3.90. The van der Waals surface area contributed by atoms with Crippen LogP contribution in [0.1, 0.15) is 18.5 Å². The summed E-state index contributed by atoms with van der Waals surface area (Å²) in [7, 11) is 0. The Hall–Kier alpha value is -0.280. The van der Waals surface area contributed by atoms with Gasteiger partial charge in [-0.3, -0.25) is 0 Å². The molecule has 1 rings (SSSR count). The number of rotatable bonds is 2. The molecule has 0 heterocycles. The predicted molar refractivity (Wildman–Crippen MR) is 55.1 cm³/mol. The summed E-state index contributed by atoms with van der Waals surface area (Å²) in [4.78, 5) is 0. The van der Waals surface area contributed by atoms with Crippen molar-refractivity contribution in [1.29, 1.82) is 0 Å². The van der Waals surface area contributed by atoms with Crippen LogP contribution in [0.2, 0.25) is 10.0 Å². The van der Waals surface area contributed by atoms with Crippen LogP contribution in [0.25, 0.3) is 0 Å². The molecule has 0 fully saturated rings. The van der Waals surface area contributed by atoms with Gasteiger partial charge in [0.05, 0.1) is 12.1 Å². The summed E-state index contributed by atoms with van der Waals surface area (Å²) in [5.74, 6) is 0. The molecule has 0 aliphatic rings. The number of benzene rings is 1. The Morgan fingerprint density at radius 3 is 2.08 bits per heavy atom. The van der Waals surface area contributed by atoms with Gasteiger partial charge in [-0.25, -0.2) is 0 Å². The first-order valence-corrected chi connectivity index (χ1v) is 4.66. The molecule has 13 heavy (non-hydrogen) atoms. The summed E-state index contributed by atoms with van der Waals surface area (Å²) < 4.78 is 0. The second-order valence-corrected chi connectivity index (χ2v) is 3.84. The van der Waals surface area contributed by atoms with Gasteiger partial charge in [-0.1, -0.05) is 23.2 Å². The zero-order valence-electron chi connectivity index (χ0n) is 7.17. The van der Waals surface area contributed by atoms with E-state index in [0.29, 0.717) is 10.0 Å². The molecule has 0 aliphatic heterocycles. The van der Waals surface area contributed by atoms with Crippen molar-refractivity contribution in [2.45, 2.75) is 19.1 Å². The highest BCUT2D eigenvalue weighted by molar-refractivity contribution is 6.34. The van der Waals surface area contributed by atoms with Gasteiger partial charge in [0.15, 0.2) is 0 Å². The number of aliphatic hydroxyl groups is 1. The van der Waals surface area contributed by atoms with Crippen molar-refractivity contribution in [2.24, 2.45) is 5.73 Å². The van der Waals surface area contributed by atoms with Crippen LogP contribution in [-0.2, 0) is 0 Å². The fourth-order valence-corrected chi connectivity index (χ4v) is 1.59. The van der Waals surface area contributed by atoms with Crippen molar-refractivity contribution in [2.75, 3.05) is 0 Å². The average Bonchev–Trinajstić information content (AvgIpc) is 2.01. The smallest absolute Gasteiger partial charge is 0.0704 e. The third-order valence-corrected chi connectivity index (χ3v) is 2.23. The summed E-state index contributed by atoms with van der Waals surface area (Å²) in [6.07, 6.45) is -0.616. The maximum absolute atomic E-state index is 9.24. The van der Waals surface area contributed by atoms with Gasteiger partial charge in [-0.05, 0) is 30.7 Å². The molecule has 0 spiro atoms. The Kier molecular flexibility index (Phi) is 3.56. The molecule has 0 amide bonds. The monoisotopic (exact) mass is 219 g/mol. The summed E-state index contributed by atoms with van der Waals surface area (Å²) >= 11 is 11.6. The minimum absolute atomic E-state index is 0.448. The van der Waals surface area contributed by atoms with E-state index in [1.165, 1.54) is 0 Å². The van der Waals surface area contributed by atoms with E-state index in [2.05, 4.69) is 0 Å². The molecule has 3 N–H and O–H groups in total. The normalized spacial score (nSPS) is 15.5.